The summed E-state index contributed by atoms with van der Waals surface area (Å²) in [6, 6.07) is 33.6. The fourth-order valence-corrected chi connectivity index (χ4v) is 6.51. The van der Waals surface area contributed by atoms with Gasteiger partial charge in [-0.2, -0.15) is 5.10 Å². The van der Waals surface area contributed by atoms with Crippen LogP contribution in [0.4, 0.5) is 5.69 Å². The number of anilines is 1. The van der Waals surface area contributed by atoms with Crippen LogP contribution in [0.25, 0.3) is 5.69 Å². The molecule has 5 aromatic rings. The third-order valence-electron chi connectivity index (χ3n) is 6.85. The van der Waals surface area contributed by atoms with Crippen LogP contribution < -0.4 is 9.73 Å². The van der Waals surface area contributed by atoms with Crippen molar-refractivity contribution in [1.82, 2.24) is 9.99 Å². The maximum absolute atomic E-state index is 13.9. The molecule has 7 nitrogen and oxygen atoms in total. The summed E-state index contributed by atoms with van der Waals surface area (Å²) in [5.41, 5.74) is 7.29. The molecule has 0 spiro atoms. The summed E-state index contributed by atoms with van der Waals surface area (Å²) in [4.78, 5) is 13.6. The number of amides is 1. The minimum atomic E-state index is -4.01. The van der Waals surface area contributed by atoms with Crippen molar-refractivity contribution in [2.24, 2.45) is 5.10 Å². The molecular formula is C33H29ClN4O3S. The van der Waals surface area contributed by atoms with Crippen LogP contribution in [-0.4, -0.2) is 25.1 Å². The third-order valence-corrected chi connectivity index (χ3v) is 8.94. The Morgan fingerprint density at radius 1 is 0.881 bits per heavy atom. The van der Waals surface area contributed by atoms with E-state index in [2.05, 4.69) is 10.5 Å². The van der Waals surface area contributed by atoms with Crippen LogP contribution in [0, 0.1) is 13.8 Å². The zero-order valence-electron chi connectivity index (χ0n) is 23.1. The lowest BCUT2D eigenvalue weighted by atomic mass is 10.1. The lowest BCUT2D eigenvalue weighted by Crippen LogP contribution is -2.33. The lowest BCUT2D eigenvalue weighted by Gasteiger charge is -2.26. The van der Waals surface area contributed by atoms with Crippen molar-refractivity contribution in [2.45, 2.75) is 25.3 Å². The monoisotopic (exact) mass is 596 g/mol. The molecule has 0 saturated carbocycles. The van der Waals surface area contributed by atoms with Gasteiger partial charge in [-0.15, -0.1) is 0 Å². The van der Waals surface area contributed by atoms with Crippen molar-refractivity contribution in [3.8, 4) is 5.69 Å². The van der Waals surface area contributed by atoms with E-state index in [9.17, 15) is 13.2 Å². The molecular weight excluding hydrogens is 568 g/mol. The molecule has 1 amide bonds. The van der Waals surface area contributed by atoms with E-state index in [4.69, 9.17) is 11.6 Å². The first-order valence-corrected chi connectivity index (χ1v) is 15.1. The molecule has 0 bridgehead atoms. The number of hydrazone groups is 1. The summed E-state index contributed by atoms with van der Waals surface area (Å²) in [6.07, 6.45) is 1.57. The second-order valence-electron chi connectivity index (χ2n) is 9.64. The Kier molecular flexibility index (Phi) is 8.56. The average Bonchev–Trinajstić information content (AvgIpc) is 3.29. The van der Waals surface area contributed by atoms with Crippen LogP contribution in [0.1, 0.15) is 32.9 Å². The van der Waals surface area contributed by atoms with Crippen LogP contribution in [-0.2, 0) is 16.6 Å². The summed E-state index contributed by atoms with van der Waals surface area (Å²) >= 11 is 6.43. The molecule has 0 radical (unpaired) electrons. The highest BCUT2D eigenvalue weighted by Gasteiger charge is 2.28. The van der Waals surface area contributed by atoms with Gasteiger partial charge in [0.15, 0.2) is 0 Å². The normalized spacial score (nSPS) is 11.5. The van der Waals surface area contributed by atoms with Gasteiger partial charge in [0.2, 0.25) is 0 Å². The van der Waals surface area contributed by atoms with E-state index in [1.807, 2.05) is 79.1 Å². The van der Waals surface area contributed by atoms with Crippen molar-refractivity contribution in [3.05, 3.63) is 148 Å². The first kappa shape index (κ1) is 28.9. The number of para-hydroxylation sites is 2. The molecule has 0 fully saturated rings. The zero-order valence-corrected chi connectivity index (χ0v) is 24.7. The summed E-state index contributed by atoms with van der Waals surface area (Å²) in [5, 5.41) is 4.84. The first-order valence-electron chi connectivity index (χ1n) is 13.3. The fraction of sp³-hybridized carbons (Fsp3) is 0.0909. The highest BCUT2D eigenvalue weighted by Crippen LogP contribution is 2.30. The van der Waals surface area contributed by atoms with Crippen molar-refractivity contribution >= 4 is 39.4 Å². The second kappa shape index (κ2) is 12.5. The molecule has 5 rings (SSSR count). The zero-order chi connectivity index (χ0) is 29.7. The Morgan fingerprint density at radius 3 is 2.21 bits per heavy atom. The predicted octanol–water partition coefficient (Wildman–Crippen LogP) is 6.91. The Labute approximate surface area is 250 Å². The number of nitrogens with one attached hydrogen (secondary N) is 1. The standard InChI is InChI=1S/C33H29ClN4O3S/c1-24-21-27(25(2)38(24)32-20-12-10-18-30(32)34)22-35-36-33(39)29-17-9-11-19-31(29)37(23-26-13-5-3-6-14-26)42(40,41)28-15-7-4-8-16-28/h3-22H,23H2,1-2H3,(H,36,39)/b35-22+. The highest BCUT2D eigenvalue weighted by atomic mass is 35.5. The molecule has 1 N–H and O–H groups in total. The number of carbonyl (C=O) groups excluding carboxylic acids is 1. The molecule has 212 valence electrons. The van der Waals surface area contributed by atoms with Gasteiger partial charge in [-0.05, 0) is 61.9 Å². The van der Waals surface area contributed by atoms with Gasteiger partial charge in [-0.3, -0.25) is 9.10 Å². The van der Waals surface area contributed by atoms with Crippen molar-refractivity contribution in [3.63, 3.8) is 0 Å². The molecule has 1 heterocycles. The van der Waals surface area contributed by atoms with E-state index in [0.717, 1.165) is 28.2 Å². The fourth-order valence-electron chi connectivity index (χ4n) is 4.79. The lowest BCUT2D eigenvalue weighted by molar-refractivity contribution is 0.0955. The van der Waals surface area contributed by atoms with E-state index < -0.39 is 15.9 Å². The number of nitrogens with zero attached hydrogens (tertiary/aromatic N) is 3. The van der Waals surface area contributed by atoms with Gasteiger partial charge in [-0.1, -0.05) is 84.4 Å². The van der Waals surface area contributed by atoms with Gasteiger partial charge in [-0.25, -0.2) is 13.8 Å². The van der Waals surface area contributed by atoms with E-state index in [1.54, 1.807) is 60.8 Å². The van der Waals surface area contributed by atoms with E-state index in [0.29, 0.717) is 5.02 Å². The molecule has 0 atom stereocenters. The Morgan fingerprint density at radius 2 is 1.50 bits per heavy atom. The van der Waals surface area contributed by atoms with Crippen LogP contribution in [0.5, 0.6) is 0 Å². The molecule has 0 aliphatic rings. The van der Waals surface area contributed by atoms with Crippen LogP contribution in [0.3, 0.4) is 0 Å². The molecule has 9 heteroatoms. The molecule has 42 heavy (non-hydrogen) atoms. The smallest absolute Gasteiger partial charge is 0.273 e. The number of aryl methyl sites for hydroxylation is 1. The topological polar surface area (TPSA) is 83.8 Å². The molecule has 1 aromatic heterocycles. The Hall–Kier alpha value is -4.66. The number of hydrogen-bond acceptors (Lipinski definition) is 4. The average molecular weight is 597 g/mol. The van der Waals surface area contributed by atoms with Gasteiger partial charge in [0.25, 0.3) is 15.9 Å². The summed E-state index contributed by atoms with van der Waals surface area (Å²) in [7, 11) is -4.01. The second-order valence-corrected chi connectivity index (χ2v) is 11.9. The molecule has 0 saturated heterocycles. The predicted molar refractivity (Wildman–Crippen MR) is 168 cm³/mol. The Balaban J connectivity index is 1.45. The highest BCUT2D eigenvalue weighted by molar-refractivity contribution is 7.92. The number of aromatic nitrogens is 1. The van der Waals surface area contributed by atoms with Crippen LogP contribution in [0.15, 0.2) is 125 Å². The van der Waals surface area contributed by atoms with Crippen LogP contribution in [0.2, 0.25) is 5.02 Å². The number of sulfonamides is 1. The van der Waals surface area contributed by atoms with Gasteiger partial charge < -0.3 is 4.57 Å². The van der Waals surface area contributed by atoms with Gasteiger partial charge in [0.05, 0.1) is 39.6 Å². The summed E-state index contributed by atoms with van der Waals surface area (Å²) in [6.45, 7) is 3.96. The van der Waals surface area contributed by atoms with E-state index in [-0.39, 0.29) is 22.7 Å². The van der Waals surface area contributed by atoms with Crippen molar-refractivity contribution in [1.29, 1.82) is 0 Å². The van der Waals surface area contributed by atoms with Gasteiger partial charge in [0.1, 0.15) is 0 Å². The summed E-state index contributed by atoms with van der Waals surface area (Å²) in [5.74, 6) is -0.539. The minimum Gasteiger partial charge on any atom is -0.316 e. The maximum atomic E-state index is 13.9. The van der Waals surface area contributed by atoms with Gasteiger partial charge >= 0.3 is 0 Å². The third kappa shape index (κ3) is 6.00. The molecule has 4 aromatic carbocycles. The van der Waals surface area contributed by atoms with Crippen LogP contribution >= 0.6 is 11.6 Å². The van der Waals surface area contributed by atoms with Crippen molar-refractivity contribution < 1.29 is 13.2 Å². The molecule has 0 unspecified atom stereocenters. The molecule has 0 aliphatic heterocycles. The number of halogens is 1. The van der Waals surface area contributed by atoms with Crippen molar-refractivity contribution in [2.75, 3.05) is 4.31 Å². The van der Waals surface area contributed by atoms with Gasteiger partial charge in [0, 0.05) is 17.0 Å². The molecule has 0 aliphatic carbocycles. The maximum Gasteiger partial charge on any atom is 0.273 e. The van der Waals surface area contributed by atoms with E-state index >= 15 is 0 Å². The minimum absolute atomic E-state index is 0.0413. The van der Waals surface area contributed by atoms with E-state index in [1.165, 1.54) is 4.31 Å². The largest absolute Gasteiger partial charge is 0.316 e. The number of carbonyl (C=O) groups is 1. The Bertz CT molecular complexity index is 1850. The first-order chi connectivity index (χ1) is 20.3. The number of benzene rings is 4. The summed E-state index contributed by atoms with van der Waals surface area (Å²) < 4.78 is 31.0. The quantitative estimate of drug-likeness (QED) is 0.148. The SMILES string of the molecule is Cc1cc(/C=N/NC(=O)c2ccccc2N(Cc2ccccc2)S(=O)(=O)c2ccccc2)c(C)n1-c1ccccc1Cl. The number of hydrogen-bond donors (Lipinski definition) is 1. The number of rotatable bonds is 9.